The topological polar surface area (TPSA) is 12.4 Å². The quantitative estimate of drug-likeness (QED) is 0.507. The molecule has 0 radical (unpaired) electrons. The first-order valence-corrected chi connectivity index (χ1v) is 3.84. The Morgan fingerprint density at radius 1 is 1.55 bits per heavy atom. The van der Waals surface area contributed by atoms with Gasteiger partial charge in [0, 0.05) is 5.71 Å². The van der Waals surface area contributed by atoms with E-state index in [-0.39, 0.29) is 5.83 Å². The fourth-order valence-corrected chi connectivity index (χ4v) is 0.951. The summed E-state index contributed by atoms with van der Waals surface area (Å²) in [6.07, 6.45) is 7.56. The van der Waals surface area contributed by atoms with Gasteiger partial charge in [-0.15, -0.1) is 0 Å². The van der Waals surface area contributed by atoms with Crippen molar-refractivity contribution in [2.24, 2.45) is 4.99 Å². The van der Waals surface area contributed by atoms with Gasteiger partial charge in [0.05, 0.1) is 6.20 Å². The third kappa shape index (κ3) is 3.12. The zero-order valence-corrected chi connectivity index (χ0v) is 6.68. The molecule has 1 heterocycles. The third-order valence-electron chi connectivity index (χ3n) is 1.59. The molecule has 0 spiro atoms. The van der Waals surface area contributed by atoms with Gasteiger partial charge in [0.1, 0.15) is 5.83 Å². The molecule has 2 heteroatoms. The van der Waals surface area contributed by atoms with E-state index in [1.54, 1.807) is 0 Å². The van der Waals surface area contributed by atoms with E-state index in [4.69, 9.17) is 0 Å². The molecular formula is C9H12FN. The maximum Gasteiger partial charge on any atom is 0.141 e. The highest BCUT2D eigenvalue weighted by Crippen LogP contribution is 2.07. The van der Waals surface area contributed by atoms with Crippen molar-refractivity contribution in [3.63, 3.8) is 0 Å². The Morgan fingerprint density at radius 2 is 2.36 bits per heavy atom. The summed E-state index contributed by atoms with van der Waals surface area (Å²) in [4.78, 5) is 3.95. The molecular weight excluding hydrogens is 141 g/mol. The summed E-state index contributed by atoms with van der Waals surface area (Å²) >= 11 is 0. The first-order valence-electron chi connectivity index (χ1n) is 3.84. The Kier molecular flexibility index (Phi) is 3.02. The number of rotatable bonds is 0. The van der Waals surface area contributed by atoms with E-state index >= 15 is 0 Å². The van der Waals surface area contributed by atoms with Gasteiger partial charge in [-0.2, -0.15) is 0 Å². The molecule has 0 aromatic rings. The number of halogens is 1. The van der Waals surface area contributed by atoms with E-state index in [1.165, 1.54) is 12.3 Å². The highest BCUT2D eigenvalue weighted by atomic mass is 19.1. The van der Waals surface area contributed by atoms with Gasteiger partial charge in [-0.1, -0.05) is 6.08 Å². The van der Waals surface area contributed by atoms with Gasteiger partial charge >= 0.3 is 0 Å². The summed E-state index contributed by atoms with van der Waals surface area (Å²) in [5.74, 6) is -0.258. The Balaban J connectivity index is 2.72. The van der Waals surface area contributed by atoms with E-state index in [9.17, 15) is 4.39 Å². The van der Waals surface area contributed by atoms with Crippen LogP contribution in [0.15, 0.2) is 29.2 Å². The van der Waals surface area contributed by atoms with Crippen LogP contribution in [0.4, 0.5) is 4.39 Å². The molecule has 1 nitrogen and oxygen atoms in total. The van der Waals surface area contributed by atoms with Crippen LogP contribution in [0, 0.1) is 0 Å². The molecule has 1 aliphatic rings. The van der Waals surface area contributed by atoms with Crippen molar-refractivity contribution in [1.29, 1.82) is 0 Å². The summed E-state index contributed by atoms with van der Waals surface area (Å²) in [5, 5.41) is 0. The first kappa shape index (κ1) is 8.18. The summed E-state index contributed by atoms with van der Waals surface area (Å²) in [6, 6.07) is 0. The van der Waals surface area contributed by atoms with E-state index in [2.05, 4.69) is 4.99 Å². The van der Waals surface area contributed by atoms with Crippen molar-refractivity contribution in [3.05, 3.63) is 24.2 Å². The molecule has 0 saturated heterocycles. The van der Waals surface area contributed by atoms with E-state index in [1.807, 2.05) is 13.0 Å². The second-order valence-electron chi connectivity index (χ2n) is 2.67. The predicted molar refractivity (Wildman–Crippen MR) is 45.3 cm³/mol. The van der Waals surface area contributed by atoms with Crippen molar-refractivity contribution in [1.82, 2.24) is 0 Å². The van der Waals surface area contributed by atoms with Crippen LogP contribution < -0.4 is 0 Å². The third-order valence-corrected chi connectivity index (χ3v) is 1.59. The van der Waals surface area contributed by atoms with Crippen molar-refractivity contribution < 1.29 is 4.39 Å². The number of hydrogen-bond donors (Lipinski definition) is 0. The minimum absolute atomic E-state index is 0.258. The van der Waals surface area contributed by atoms with Crippen LogP contribution in [0.25, 0.3) is 0 Å². The van der Waals surface area contributed by atoms with Crippen molar-refractivity contribution in [3.8, 4) is 0 Å². The van der Waals surface area contributed by atoms with Crippen LogP contribution in [0.5, 0.6) is 0 Å². The lowest BCUT2D eigenvalue weighted by Crippen LogP contribution is -1.88. The van der Waals surface area contributed by atoms with Crippen LogP contribution in [0.3, 0.4) is 0 Å². The van der Waals surface area contributed by atoms with Gasteiger partial charge in [-0.05, 0) is 32.3 Å². The predicted octanol–water partition coefficient (Wildman–Crippen LogP) is 3.00. The minimum atomic E-state index is -0.258. The first-order chi connectivity index (χ1) is 5.29. The van der Waals surface area contributed by atoms with Gasteiger partial charge in [-0.25, -0.2) is 4.39 Å². The van der Waals surface area contributed by atoms with E-state index < -0.39 is 0 Å². The second-order valence-corrected chi connectivity index (χ2v) is 2.67. The van der Waals surface area contributed by atoms with Crippen LogP contribution in [-0.4, -0.2) is 5.71 Å². The molecule has 0 aromatic carbocycles. The zero-order chi connectivity index (χ0) is 8.10. The largest absolute Gasteiger partial charge is 0.263 e. The van der Waals surface area contributed by atoms with Gasteiger partial charge < -0.3 is 0 Å². The van der Waals surface area contributed by atoms with Gasteiger partial charge in [0.2, 0.25) is 0 Å². The standard InChI is InChI=1S/C9H12FN/c1-8-5-3-2-4-6-9(10)7-11-8/h4,6-7H,2-3,5H2,1H3/b6-4-,9-7+,11-8-. The summed E-state index contributed by atoms with van der Waals surface area (Å²) in [7, 11) is 0. The average molecular weight is 153 g/mol. The van der Waals surface area contributed by atoms with Crippen LogP contribution >= 0.6 is 0 Å². The fraction of sp³-hybridized carbons (Fsp3) is 0.444. The molecule has 0 bridgehead atoms. The molecule has 0 aliphatic carbocycles. The fourth-order valence-electron chi connectivity index (χ4n) is 0.951. The summed E-state index contributed by atoms with van der Waals surface area (Å²) in [5.41, 5.74) is 1.00. The summed E-state index contributed by atoms with van der Waals surface area (Å²) in [6.45, 7) is 1.93. The molecule has 60 valence electrons. The van der Waals surface area contributed by atoms with Gasteiger partial charge in [-0.3, -0.25) is 4.99 Å². The van der Waals surface area contributed by atoms with Crippen molar-refractivity contribution in [2.75, 3.05) is 0 Å². The number of aliphatic imine (C=N–C) groups is 1. The molecule has 0 unspecified atom stereocenters. The second kappa shape index (κ2) is 4.06. The highest BCUT2D eigenvalue weighted by Gasteiger charge is 1.93. The Morgan fingerprint density at radius 3 is 3.18 bits per heavy atom. The van der Waals surface area contributed by atoms with E-state index in [0.29, 0.717) is 0 Å². The molecule has 0 saturated carbocycles. The van der Waals surface area contributed by atoms with Gasteiger partial charge in [0.25, 0.3) is 0 Å². The lowest BCUT2D eigenvalue weighted by molar-refractivity contribution is 0.663. The summed E-state index contributed by atoms with van der Waals surface area (Å²) < 4.78 is 12.6. The highest BCUT2D eigenvalue weighted by molar-refractivity contribution is 5.82. The molecule has 0 atom stereocenters. The van der Waals surface area contributed by atoms with Crippen LogP contribution in [0.2, 0.25) is 0 Å². The maximum atomic E-state index is 12.6. The Bertz CT molecular complexity index is 214. The minimum Gasteiger partial charge on any atom is -0.263 e. The smallest absolute Gasteiger partial charge is 0.141 e. The lowest BCUT2D eigenvalue weighted by Gasteiger charge is -1.93. The molecule has 0 amide bonds. The number of allylic oxidation sites excluding steroid dienone is 3. The zero-order valence-electron chi connectivity index (χ0n) is 6.68. The molecule has 0 fully saturated rings. The molecule has 1 aliphatic heterocycles. The molecule has 11 heavy (non-hydrogen) atoms. The van der Waals surface area contributed by atoms with Gasteiger partial charge in [0.15, 0.2) is 0 Å². The molecule has 0 aromatic heterocycles. The normalized spacial score (nSPS) is 31.8. The van der Waals surface area contributed by atoms with Crippen LogP contribution in [-0.2, 0) is 0 Å². The lowest BCUT2D eigenvalue weighted by atomic mass is 10.2. The maximum absolute atomic E-state index is 12.6. The Labute approximate surface area is 66.3 Å². The van der Waals surface area contributed by atoms with E-state index in [0.717, 1.165) is 25.0 Å². The number of nitrogens with zero attached hydrogens (tertiary/aromatic N) is 1. The monoisotopic (exact) mass is 153 g/mol. The molecule has 1 rings (SSSR count). The van der Waals surface area contributed by atoms with Crippen LogP contribution in [0.1, 0.15) is 26.2 Å². The SMILES string of the molecule is C/C1=N/C=C(F)\C=C/CCC1. The van der Waals surface area contributed by atoms with Crippen molar-refractivity contribution in [2.45, 2.75) is 26.2 Å². The average Bonchev–Trinajstić information content (AvgIpc) is 2.06. The van der Waals surface area contributed by atoms with Crippen molar-refractivity contribution >= 4 is 5.71 Å². The number of hydrogen-bond acceptors (Lipinski definition) is 1. The Hall–Kier alpha value is -0.920. The molecule has 0 N–H and O–H groups in total.